The third-order valence-electron chi connectivity index (χ3n) is 3.94. The quantitative estimate of drug-likeness (QED) is 0.777. The molecule has 2 aromatic rings. The van der Waals surface area contributed by atoms with Crippen LogP contribution in [0.15, 0.2) is 42.6 Å². The summed E-state index contributed by atoms with van der Waals surface area (Å²) in [7, 11) is 7.35. The zero-order valence-corrected chi connectivity index (χ0v) is 14.9. The van der Waals surface area contributed by atoms with Gasteiger partial charge in [-0.05, 0) is 38.4 Å². The molecule has 2 rings (SSSR count). The average molecular weight is 344 g/mol. The van der Waals surface area contributed by atoms with Crippen LogP contribution in [0.5, 0.6) is 5.75 Å². The number of rotatable bonds is 6. The van der Waals surface area contributed by atoms with Crippen molar-refractivity contribution in [2.45, 2.75) is 6.04 Å². The standard InChI is InChI=1S/C18H24N4O3/c1-21(2)16(15-9-6-10-22(15)3)12-19-17(23)18(24)20-13-7-5-8-14(11-13)25-4/h5-11,16H,12H2,1-4H3,(H,19,23)(H,20,24). The van der Waals surface area contributed by atoms with Gasteiger partial charge in [-0.15, -0.1) is 0 Å². The summed E-state index contributed by atoms with van der Waals surface area (Å²) in [4.78, 5) is 26.2. The lowest BCUT2D eigenvalue weighted by Gasteiger charge is -2.25. The number of aryl methyl sites for hydroxylation is 1. The second-order valence-corrected chi connectivity index (χ2v) is 5.92. The van der Waals surface area contributed by atoms with E-state index in [0.29, 0.717) is 18.0 Å². The van der Waals surface area contributed by atoms with Crippen molar-refractivity contribution in [3.05, 3.63) is 48.3 Å². The van der Waals surface area contributed by atoms with Gasteiger partial charge >= 0.3 is 11.8 Å². The Balaban J connectivity index is 1.96. The molecular weight excluding hydrogens is 320 g/mol. The summed E-state index contributed by atoms with van der Waals surface area (Å²) in [5.74, 6) is -0.781. The number of hydrogen-bond acceptors (Lipinski definition) is 4. The monoisotopic (exact) mass is 344 g/mol. The Morgan fingerprint density at radius 2 is 1.96 bits per heavy atom. The highest BCUT2D eigenvalue weighted by atomic mass is 16.5. The van der Waals surface area contributed by atoms with E-state index in [-0.39, 0.29) is 6.04 Å². The first-order valence-corrected chi connectivity index (χ1v) is 7.93. The summed E-state index contributed by atoms with van der Waals surface area (Å²) in [6.45, 7) is 0.329. The van der Waals surface area contributed by atoms with Gasteiger partial charge in [-0.1, -0.05) is 6.07 Å². The largest absolute Gasteiger partial charge is 0.497 e. The number of hydrogen-bond donors (Lipinski definition) is 2. The molecule has 1 aromatic heterocycles. The fourth-order valence-electron chi connectivity index (χ4n) is 2.53. The number of likely N-dealkylation sites (N-methyl/N-ethyl adjacent to an activating group) is 1. The van der Waals surface area contributed by atoms with Crippen LogP contribution in [-0.4, -0.2) is 49.0 Å². The van der Waals surface area contributed by atoms with E-state index in [0.717, 1.165) is 5.69 Å². The van der Waals surface area contributed by atoms with Crippen LogP contribution < -0.4 is 15.4 Å². The van der Waals surface area contributed by atoms with Crippen molar-refractivity contribution < 1.29 is 14.3 Å². The van der Waals surface area contributed by atoms with Crippen molar-refractivity contribution in [1.82, 2.24) is 14.8 Å². The maximum Gasteiger partial charge on any atom is 0.313 e. The molecule has 0 spiro atoms. The summed E-state index contributed by atoms with van der Waals surface area (Å²) < 4.78 is 7.09. The van der Waals surface area contributed by atoms with Crippen LogP contribution in [0.1, 0.15) is 11.7 Å². The first-order chi connectivity index (χ1) is 11.9. The Kier molecular flexibility index (Phi) is 6.19. The van der Waals surface area contributed by atoms with Crippen molar-refractivity contribution in [1.29, 1.82) is 0 Å². The SMILES string of the molecule is COc1cccc(NC(=O)C(=O)NCC(c2cccn2C)N(C)C)c1. The molecule has 0 aliphatic rings. The second-order valence-electron chi connectivity index (χ2n) is 5.92. The maximum absolute atomic E-state index is 12.1. The van der Waals surface area contributed by atoms with Gasteiger partial charge in [0.15, 0.2) is 0 Å². The van der Waals surface area contributed by atoms with Crippen LogP contribution in [0.25, 0.3) is 0 Å². The number of methoxy groups -OCH3 is 1. The molecule has 2 N–H and O–H groups in total. The van der Waals surface area contributed by atoms with Crippen LogP contribution >= 0.6 is 0 Å². The molecular formula is C18H24N4O3. The Bertz CT molecular complexity index is 739. The summed E-state index contributed by atoms with van der Waals surface area (Å²) in [5.41, 5.74) is 1.56. The molecule has 0 bridgehead atoms. The van der Waals surface area contributed by atoms with Crippen LogP contribution in [0.3, 0.4) is 0 Å². The van der Waals surface area contributed by atoms with Gasteiger partial charge in [-0.3, -0.25) is 14.5 Å². The molecule has 0 fully saturated rings. The van der Waals surface area contributed by atoms with E-state index in [1.807, 2.05) is 48.9 Å². The molecule has 0 saturated carbocycles. The third-order valence-corrected chi connectivity index (χ3v) is 3.94. The lowest BCUT2D eigenvalue weighted by atomic mass is 10.2. The van der Waals surface area contributed by atoms with Crippen molar-refractivity contribution >= 4 is 17.5 Å². The number of carbonyl (C=O) groups excluding carboxylic acids is 2. The van der Waals surface area contributed by atoms with Gasteiger partial charge in [-0.25, -0.2) is 0 Å². The minimum atomic E-state index is -0.711. The Labute approximate surface area is 147 Å². The molecule has 0 aliphatic carbocycles. The Hall–Kier alpha value is -2.80. The molecule has 7 heteroatoms. The molecule has 1 heterocycles. The first kappa shape index (κ1) is 18.5. The van der Waals surface area contributed by atoms with Crippen LogP contribution in [0, 0.1) is 0 Å². The predicted molar refractivity (Wildman–Crippen MR) is 96.5 cm³/mol. The Morgan fingerprint density at radius 1 is 1.20 bits per heavy atom. The molecule has 1 aromatic carbocycles. The first-order valence-electron chi connectivity index (χ1n) is 7.93. The summed E-state index contributed by atoms with van der Waals surface area (Å²) in [5, 5.41) is 5.26. The van der Waals surface area contributed by atoms with E-state index >= 15 is 0 Å². The van der Waals surface area contributed by atoms with Gasteiger partial charge in [0.2, 0.25) is 0 Å². The summed E-state index contributed by atoms with van der Waals surface area (Å²) in [6, 6.07) is 10.8. The van der Waals surface area contributed by atoms with Gasteiger partial charge in [-0.2, -0.15) is 0 Å². The molecule has 0 radical (unpaired) electrons. The number of carbonyl (C=O) groups is 2. The lowest BCUT2D eigenvalue weighted by molar-refractivity contribution is -0.136. The maximum atomic E-state index is 12.1. The van der Waals surface area contributed by atoms with Gasteiger partial charge in [0.25, 0.3) is 0 Å². The van der Waals surface area contributed by atoms with Crippen molar-refractivity contribution in [2.24, 2.45) is 7.05 Å². The molecule has 0 saturated heterocycles. The molecule has 1 unspecified atom stereocenters. The van der Waals surface area contributed by atoms with E-state index in [1.165, 1.54) is 0 Å². The molecule has 1 atom stereocenters. The molecule has 134 valence electrons. The molecule has 25 heavy (non-hydrogen) atoms. The van der Waals surface area contributed by atoms with Gasteiger partial charge in [0.1, 0.15) is 5.75 Å². The summed E-state index contributed by atoms with van der Waals surface area (Å²) in [6.07, 6.45) is 1.95. The van der Waals surface area contributed by atoms with Gasteiger partial charge in [0, 0.05) is 37.2 Å². The smallest absolute Gasteiger partial charge is 0.313 e. The fourth-order valence-corrected chi connectivity index (χ4v) is 2.53. The van der Waals surface area contributed by atoms with E-state index in [2.05, 4.69) is 10.6 Å². The van der Waals surface area contributed by atoms with Crippen molar-refractivity contribution in [3.63, 3.8) is 0 Å². The number of aromatic nitrogens is 1. The van der Waals surface area contributed by atoms with Crippen molar-refractivity contribution in [3.8, 4) is 5.75 Å². The average Bonchev–Trinajstić information content (AvgIpc) is 3.00. The van der Waals surface area contributed by atoms with Crippen molar-refractivity contribution in [2.75, 3.05) is 33.1 Å². The highest BCUT2D eigenvalue weighted by Gasteiger charge is 2.20. The third kappa shape index (κ3) is 4.84. The normalized spacial score (nSPS) is 11.9. The Morgan fingerprint density at radius 3 is 2.56 bits per heavy atom. The zero-order valence-electron chi connectivity index (χ0n) is 14.9. The molecule has 7 nitrogen and oxygen atoms in total. The van der Waals surface area contributed by atoms with E-state index < -0.39 is 11.8 Å². The van der Waals surface area contributed by atoms with E-state index in [1.54, 1.807) is 31.4 Å². The number of nitrogens with one attached hydrogen (secondary N) is 2. The van der Waals surface area contributed by atoms with Crippen LogP contribution in [-0.2, 0) is 16.6 Å². The highest BCUT2D eigenvalue weighted by Crippen LogP contribution is 2.18. The topological polar surface area (TPSA) is 75.6 Å². The minimum absolute atomic E-state index is 0.0337. The molecule has 0 aliphatic heterocycles. The number of anilines is 1. The van der Waals surface area contributed by atoms with E-state index in [4.69, 9.17) is 4.74 Å². The number of ether oxygens (including phenoxy) is 1. The number of amides is 2. The molecule has 2 amide bonds. The van der Waals surface area contributed by atoms with Crippen LogP contribution in [0.2, 0.25) is 0 Å². The number of nitrogens with zero attached hydrogens (tertiary/aromatic N) is 2. The zero-order chi connectivity index (χ0) is 18.4. The lowest BCUT2D eigenvalue weighted by Crippen LogP contribution is -2.40. The minimum Gasteiger partial charge on any atom is -0.497 e. The van der Waals surface area contributed by atoms with Crippen LogP contribution in [0.4, 0.5) is 5.69 Å². The second kappa shape index (κ2) is 8.34. The fraction of sp³-hybridized carbons (Fsp3) is 0.333. The predicted octanol–water partition coefficient (Wildman–Crippen LogP) is 1.39. The highest BCUT2D eigenvalue weighted by molar-refractivity contribution is 6.39. The van der Waals surface area contributed by atoms with E-state index in [9.17, 15) is 9.59 Å². The summed E-state index contributed by atoms with van der Waals surface area (Å²) >= 11 is 0. The number of benzene rings is 1. The van der Waals surface area contributed by atoms with Gasteiger partial charge < -0.3 is 19.9 Å². The van der Waals surface area contributed by atoms with Gasteiger partial charge in [0.05, 0.1) is 13.2 Å².